The van der Waals surface area contributed by atoms with Crippen molar-refractivity contribution in [2.45, 2.75) is 32.7 Å². The number of benzene rings is 2. The fourth-order valence-electron chi connectivity index (χ4n) is 3.13. The molecule has 0 bridgehead atoms. The van der Waals surface area contributed by atoms with Gasteiger partial charge in [-0.2, -0.15) is 0 Å². The van der Waals surface area contributed by atoms with E-state index in [0.29, 0.717) is 12.5 Å². The van der Waals surface area contributed by atoms with E-state index in [1.54, 1.807) is 6.92 Å². The first-order chi connectivity index (χ1) is 17.4. The minimum Gasteiger partial charge on any atom is -0.447 e. The number of amides is 3. The van der Waals surface area contributed by atoms with Gasteiger partial charge in [-0.25, -0.2) is 4.79 Å². The molecule has 13 nitrogen and oxygen atoms in total. The topological polar surface area (TPSA) is 183 Å². The number of nitro benzene ring substituents is 2. The van der Waals surface area contributed by atoms with Crippen molar-refractivity contribution in [1.29, 1.82) is 0 Å². The first-order valence-corrected chi connectivity index (χ1v) is 11.4. The molecule has 3 N–H and O–H groups in total. The highest BCUT2D eigenvalue weighted by Gasteiger charge is 2.29. The number of non-ortho nitro benzene ring substituents is 2. The maximum absolute atomic E-state index is 12.8. The van der Waals surface area contributed by atoms with Gasteiger partial charge in [-0.15, -0.1) is 0 Å². The van der Waals surface area contributed by atoms with E-state index < -0.39 is 33.3 Å². The Bertz CT molecular complexity index is 1130. The van der Waals surface area contributed by atoms with Crippen LogP contribution in [0, 0.1) is 26.1 Å². The minimum atomic E-state index is -1.09. The van der Waals surface area contributed by atoms with E-state index in [-0.39, 0.29) is 35.7 Å². The molecular weight excluding hydrogens is 486 g/mol. The van der Waals surface area contributed by atoms with Gasteiger partial charge in [0.2, 0.25) is 0 Å². The van der Waals surface area contributed by atoms with Crippen LogP contribution in [0.15, 0.2) is 48.5 Å². The number of nitrogens with zero attached hydrogens (tertiary/aromatic N) is 2. The molecular formula is C24H29N5O8. The van der Waals surface area contributed by atoms with Crippen molar-refractivity contribution in [3.8, 4) is 0 Å². The molecule has 198 valence electrons. The molecule has 0 aliphatic rings. The van der Waals surface area contributed by atoms with Crippen LogP contribution in [-0.2, 0) is 4.74 Å². The van der Waals surface area contributed by atoms with Crippen LogP contribution in [0.4, 0.5) is 16.2 Å². The zero-order valence-electron chi connectivity index (χ0n) is 20.7. The third-order valence-corrected chi connectivity index (χ3v) is 5.25. The van der Waals surface area contributed by atoms with Crippen LogP contribution < -0.4 is 16.0 Å². The summed E-state index contributed by atoms with van der Waals surface area (Å²) in [6, 6.07) is 9.72. The minimum absolute atomic E-state index is 0.0205. The van der Waals surface area contributed by atoms with Crippen LogP contribution >= 0.6 is 0 Å². The molecule has 13 heteroatoms. The average molecular weight is 516 g/mol. The van der Waals surface area contributed by atoms with Crippen LogP contribution in [0.3, 0.4) is 0 Å². The summed E-state index contributed by atoms with van der Waals surface area (Å²) in [4.78, 5) is 57.7. The van der Waals surface area contributed by atoms with E-state index in [0.717, 1.165) is 18.6 Å². The summed E-state index contributed by atoms with van der Waals surface area (Å²) in [7, 11) is 0. The number of hydrogen-bond donors (Lipinski definition) is 3. The molecule has 0 saturated heterocycles. The van der Waals surface area contributed by atoms with Gasteiger partial charge in [0.25, 0.3) is 23.2 Å². The largest absolute Gasteiger partial charge is 0.447 e. The van der Waals surface area contributed by atoms with Crippen molar-refractivity contribution in [2.24, 2.45) is 5.92 Å². The number of hydrogen-bond acceptors (Lipinski definition) is 9. The van der Waals surface area contributed by atoms with Gasteiger partial charge in [0.05, 0.1) is 15.4 Å². The standard InChI is InChI=1S/C24H29N5O8/c1-16(2)12-13-25-14-24(3,27-22(31)18-6-10-20(11-7-18)29(35)36)15-37-23(32)26-21(30)17-4-8-19(9-5-17)28(33)34/h4-11,16,25H,12-15H2,1-3H3,(H,27,31)(H,26,30,32)/t24-/m0/s1. The number of ether oxygens (including phenoxy) is 1. The number of carbonyl (C=O) groups is 3. The third kappa shape index (κ3) is 9.29. The van der Waals surface area contributed by atoms with Crippen LogP contribution in [0.2, 0.25) is 0 Å². The molecule has 0 aliphatic heterocycles. The van der Waals surface area contributed by atoms with Gasteiger partial charge in [-0.05, 0) is 50.1 Å². The van der Waals surface area contributed by atoms with E-state index in [2.05, 4.69) is 24.5 Å². The summed E-state index contributed by atoms with van der Waals surface area (Å²) in [5.74, 6) is -0.901. The van der Waals surface area contributed by atoms with Crippen molar-refractivity contribution in [3.63, 3.8) is 0 Å². The Kier molecular flexibility index (Phi) is 10.2. The van der Waals surface area contributed by atoms with E-state index in [1.165, 1.54) is 36.4 Å². The van der Waals surface area contributed by atoms with Crippen LogP contribution in [0.25, 0.3) is 0 Å². The van der Waals surface area contributed by atoms with Gasteiger partial charge in [-0.3, -0.25) is 35.1 Å². The van der Waals surface area contributed by atoms with E-state index >= 15 is 0 Å². The van der Waals surface area contributed by atoms with Crippen LogP contribution in [-0.4, -0.2) is 53.0 Å². The highest BCUT2D eigenvalue weighted by molar-refractivity contribution is 6.03. The van der Waals surface area contributed by atoms with Gasteiger partial charge in [0, 0.05) is 41.9 Å². The molecule has 1 atom stereocenters. The van der Waals surface area contributed by atoms with Gasteiger partial charge in [0.1, 0.15) is 6.61 Å². The summed E-state index contributed by atoms with van der Waals surface area (Å²) in [6.45, 7) is 6.33. The van der Waals surface area contributed by atoms with Gasteiger partial charge in [0.15, 0.2) is 0 Å². The van der Waals surface area contributed by atoms with Crippen molar-refractivity contribution in [2.75, 3.05) is 19.7 Å². The Labute approximate surface area is 212 Å². The summed E-state index contributed by atoms with van der Waals surface area (Å²) in [5, 5.41) is 29.6. The molecule has 0 spiro atoms. The van der Waals surface area contributed by atoms with E-state index in [4.69, 9.17) is 4.74 Å². The molecule has 0 heterocycles. The molecule has 0 unspecified atom stereocenters. The molecule has 2 aromatic carbocycles. The van der Waals surface area contributed by atoms with Crippen molar-refractivity contribution in [3.05, 3.63) is 79.9 Å². The molecule has 3 amide bonds. The molecule has 37 heavy (non-hydrogen) atoms. The van der Waals surface area contributed by atoms with Gasteiger partial charge in [-0.1, -0.05) is 13.8 Å². The average Bonchev–Trinajstić information content (AvgIpc) is 2.85. The van der Waals surface area contributed by atoms with Crippen LogP contribution in [0.1, 0.15) is 47.9 Å². The molecule has 0 aliphatic carbocycles. The number of nitro groups is 2. The first kappa shape index (κ1) is 28.8. The second-order valence-corrected chi connectivity index (χ2v) is 9.01. The maximum atomic E-state index is 12.8. The molecule has 0 aromatic heterocycles. The van der Waals surface area contributed by atoms with E-state index in [9.17, 15) is 34.6 Å². The number of alkyl carbamates (subject to hydrolysis) is 1. The fourth-order valence-corrected chi connectivity index (χ4v) is 3.13. The lowest BCUT2D eigenvalue weighted by atomic mass is 10.0. The monoisotopic (exact) mass is 515 g/mol. The summed E-state index contributed by atoms with van der Waals surface area (Å²) in [6.07, 6.45) is -0.196. The summed E-state index contributed by atoms with van der Waals surface area (Å²) >= 11 is 0. The highest BCUT2D eigenvalue weighted by atomic mass is 16.6. The first-order valence-electron chi connectivity index (χ1n) is 11.4. The molecule has 2 rings (SSSR count). The smallest absolute Gasteiger partial charge is 0.414 e. The second kappa shape index (κ2) is 13.1. The Morgan fingerprint density at radius 2 is 1.38 bits per heavy atom. The number of nitrogens with one attached hydrogen (secondary N) is 3. The molecule has 0 radical (unpaired) electrons. The quantitative estimate of drug-likeness (QED) is 0.217. The zero-order valence-corrected chi connectivity index (χ0v) is 20.7. The zero-order chi connectivity index (χ0) is 27.6. The predicted molar refractivity (Wildman–Crippen MR) is 133 cm³/mol. The van der Waals surface area contributed by atoms with E-state index in [1.807, 2.05) is 5.32 Å². The van der Waals surface area contributed by atoms with Crippen molar-refractivity contribution < 1.29 is 29.0 Å². The molecule has 2 aromatic rings. The normalized spacial score (nSPS) is 12.3. The summed E-state index contributed by atoms with van der Waals surface area (Å²) in [5.41, 5.74) is -1.26. The maximum Gasteiger partial charge on any atom is 0.414 e. The van der Waals surface area contributed by atoms with Gasteiger partial charge < -0.3 is 15.4 Å². The third-order valence-electron chi connectivity index (χ3n) is 5.25. The Balaban J connectivity index is 2.03. The lowest BCUT2D eigenvalue weighted by Crippen LogP contribution is -2.56. The van der Waals surface area contributed by atoms with Crippen molar-refractivity contribution in [1.82, 2.24) is 16.0 Å². The number of imide groups is 1. The number of rotatable bonds is 12. The van der Waals surface area contributed by atoms with Crippen molar-refractivity contribution >= 4 is 29.3 Å². The Morgan fingerprint density at radius 3 is 1.84 bits per heavy atom. The molecule has 0 fully saturated rings. The Morgan fingerprint density at radius 1 is 0.892 bits per heavy atom. The predicted octanol–water partition coefficient (Wildman–Crippen LogP) is 3.19. The SMILES string of the molecule is CC(C)CCNC[C@@](C)(COC(=O)NC(=O)c1ccc([N+](=O)[O-])cc1)NC(=O)c1ccc([N+](=O)[O-])cc1. The fraction of sp³-hybridized carbons (Fsp3) is 0.375. The lowest BCUT2D eigenvalue weighted by molar-refractivity contribution is -0.385. The Hall–Kier alpha value is -4.39. The van der Waals surface area contributed by atoms with Crippen LogP contribution in [0.5, 0.6) is 0 Å². The number of carbonyl (C=O) groups excluding carboxylic acids is 3. The highest BCUT2D eigenvalue weighted by Crippen LogP contribution is 2.14. The molecule has 0 saturated carbocycles. The second-order valence-electron chi connectivity index (χ2n) is 9.01. The lowest BCUT2D eigenvalue weighted by Gasteiger charge is -2.31. The van der Waals surface area contributed by atoms with Gasteiger partial charge >= 0.3 is 6.09 Å². The summed E-state index contributed by atoms with van der Waals surface area (Å²) < 4.78 is 5.20.